The van der Waals surface area contributed by atoms with Crippen LogP contribution in [0.4, 0.5) is 0 Å². The molecule has 0 aliphatic carbocycles. The highest BCUT2D eigenvalue weighted by Gasteiger charge is 2.12. The van der Waals surface area contributed by atoms with Crippen molar-refractivity contribution in [1.29, 1.82) is 0 Å². The van der Waals surface area contributed by atoms with E-state index in [0.29, 0.717) is 22.1 Å². The molecule has 0 aliphatic rings. The SMILES string of the molecule is COc1cc(/C=C/C(=O)OCC(=O)NC(=O)Cc2ccccc2)cc(Cl)c1OC. The van der Waals surface area contributed by atoms with Crippen molar-refractivity contribution in [3.8, 4) is 11.5 Å². The molecule has 0 saturated carbocycles. The summed E-state index contributed by atoms with van der Waals surface area (Å²) < 4.78 is 15.1. The number of nitrogens with one attached hydrogen (secondary N) is 1. The van der Waals surface area contributed by atoms with Crippen LogP contribution in [0.25, 0.3) is 6.08 Å². The molecule has 0 atom stereocenters. The molecule has 2 aromatic rings. The van der Waals surface area contributed by atoms with Gasteiger partial charge in [-0.15, -0.1) is 0 Å². The molecule has 0 heterocycles. The van der Waals surface area contributed by atoms with Crippen LogP contribution in [-0.2, 0) is 25.5 Å². The fraction of sp³-hybridized carbons (Fsp3) is 0.190. The van der Waals surface area contributed by atoms with Gasteiger partial charge in [0.05, 0.1) is 25.7 Å². The van der Waals surface area contributed by atoms with Crippen molar-refractivity contribution in [2.75, 3.05) is 20.8 Å². The number of halogens is 1. The predicted molar refractivity (Wildman–Crippen MR) is 108 cm³/mol. The van der Waals surface area contributed by atoms with E-state index in [2.05, 4.69) is 5.32 Å². The second-order valence-electron chi connectivity index (χ2n) is 5.81. The van der Waals surface area contributed by atoms with Crippen LogP contribution in [0.1, 0.15) is 11.1 Å². The van der Waals surface area contributed by atoms with Gasteiger partial charge >= 0.3 is 5.97 Å². The number of benzene rings is 2. The van der Waals surface area contributed by atoms with Crippen molar-refractivity contribution in [2.24, 2.45) is 0 Å². The number of rotatable bonds is 8. The Balaban J connectivity index is 1.84. The second kappa shape index (κ2) is 10.9. The molecular formula is C21H20ClNO6. The highest BCUT2D eigenvalue weighted by molar-refractivity contribution is 6.32. The number of methoxy groups -OCH3 is 2. The van der Waals surface area contributed by atoms with Gasteiger partial charge in [-0.1, -0.05) is 41.9 Å². The third-order valence-corrected chi connectivity index (χ3v) is 3.98. The van der Waals surface area contributed by atoms with Gasteiger partial charge in [-0.25, -0.2) is 4.79 Å². The standard InChI is InChI=1S/C21H20ClNO6/c1-27-17-11-15(10-16(22)21(17)28-2)8-9-20(26)29-13-19(25)23-18(24)12-14-6-4-3-5-7-14/h3-11H,12-13H2,1-2H3,(H,23,24,25)/b9-8+. The molecule has 0 fully saturated rings. The zero-order chi connectivity index (χ0) is 21.2. The van der Waals surface area contributed by atoms with E-state index in [9.17, 15) is 14.4 Å². The molecule has 2 rings (SSSR count). The summed E-state index contributed by atoms with van der Waals surface area (Å²) in [7, 11) is 2.93. The van der Waals surface area contributed by atoms with E-state index >= 15 is 0 Å². The largest absolute Gasteiger partial charge is 0.493 e. The number of ether oxygens (including phenoxy) is 3. The summed E-state index contributed by atoms with van der Waals surface area (Å²) in [5.74, 6) is -1.15. The van der Waals surface area contributed by atoms with Crippen LogP contribution in [0, 0.1) is 0 Å². The Labute approximate surface area is 173 Å². The number of carbonyl (C=O) groups is 3. The number of carbonyl (C=O) groups excluding carboxylic acids is 3. The monoisotopic (exact) mass is 417 g/mol. The van der Waals surface area contributed by atoms with Gasteiger partial charge in [0, 0.05) is 6.08 Å². The highest BCUT2D eigenvalue weighted by atomic mass is 35.5. The van der Waals surface area contributed by atoms with E-state index in [1.165, 1.54) is 20.3 Å². The van der Waals surface area contributed by atoms with Crippen LogP contribution >= 0.6 is 11.6 Å². The van der Waals surface area contributed by atoms with Crippen LogP contribution in [0.15, 0.2) is 48.5 Å². The summed E-state index contributed by atoms with van der Waals surface area (Å²) >= 11 is 6.10. The minimum absolute atomic E-state index is 0.0560. The summed E-state index contributed by atoms with van der Waals surface area (Å²) in [5.41, 5.74) is 1.35. The molecule has 0 saturated heterocycles. The highest BCUT2D eigenvalue weighted by Crippen LogP contribution is 2.36. The molecule has 0 spiro atoms. The molecule has 0 aromatic heterocycles. The Morgan fingerprint density at radius 3 is 2.41 bits per heavy atom. The number of amides is 2. The smallest absolute Gasteiger partial charge is 0.331 e. The van der Waals surface area contributed by atoms with E-state index in [1.807, 2.05) is 6.07 Å². The maximum Gasteiger partial charge on any atom is 0.331 e. The van der Waals surface area contributed by atoms with E-state index in [-0.39, 0.29) is 6.42 Å². The van der Waals surface area contributed by atoms with Crippen molar-refractivity contribution < 1.29 is 28.6 Å². The number of hydrogen-bond donors (Lipinski definition) is 1. The molecule has 152 valence electrons. The first-order valence-electron chi connectivity index (χ1n) is 8.56. The van der Waals surface area contributed by atoms with Crippen LogP contribution in [0.2, 0.25) is 5.02 Å². The Morgan fingerprint density at radius 2 is 1.76 bits per heavy atom. The summed E-state index contributed by atoms with van der Waals surface area (Å²) in [6.07, 6.45) is 2.64. The van der Waals surface area contributed by atoms with Crippen molar-refractivity contribution in [1.82, 2.24) is 5.32 Å². The van der Waals surface area contributed by atoms with Crippen molar-refractivity contribution in [3.05, 3.63) is 64.7 Å². The Kier molecular flexibility index (Phi) is 8.24. The van der Waals surface area contributed by atoms with Gasteiger partial charge in [-0.2, -0.15) is 0 Å². The third-order valence-electron chi connectivity index (χ3n) is 3.70. The number of esters is 1. The van der Waals surface area contributed by atoms with Crippen molar-refractivity contribution in [2.45, 2.75) is 6.42 Å². The molecule has 1 N–H and O–H groups in total. The first-order chi connectivity index (χ1) is 13.9. The van der Waals surface area contributed by atoms with Crippen LogP contribution in [-0.4, -0.2) is 38.6 Å². The lowest BCUT2D eigenvalue weighted by Crippen LogP contribution is -2.35. The van der Waals surface area contributed by atoms with E-state index in [1.54, 1.807) is 36.4 Å². The average Bonchev–Trinajstić information content (AvgIpc) is 2.70. The minimum atomic E-state index is -0.749. The van der Waals surface area contributed by atoms with Crippen molar-refractivity contribution >= 4 is 35.5 Å². The van der Waals surface area contributed by atoms with Gasteiger partial charge in [0.1, 0.15) is 0 Å². The van der Waals surface area contributed by atoms with Gasteiger partial charge in [0.2, 0.25) is 5.91 Å². The first-order valence-corrected chi connectivity index (χ1v) is 8.93. The van der Waals surface area contributed by atoms with Crippen LogP contribution in [0.3, 0.4) is 0 Å². The summed E-state index contributed by atoms with van der Waals surface area (Å²) in [4.78, 5) is 35.3. The quantitative estimate of drug-likeness (QED) is 0.524. The predicted octanol–water partition coefficient (Wildman–Crippen LogP) is 2.80. The lowest BCUT2D eigenvalue weighted by atomic mass is 10.1. The minimum Gasteiger partial charge on any atom is -0.493 e. The molecule has 0 aliphatic heterocycles. The van der Waals surface area contributed by atoms with Crippen LogP contribution < -0.4 is 14.8 Å². The summed E-state index contributed by atoms with van der Waals surface area (Å²) in [6.45, 7) is -0.573. The normalized spacial score (nSPS) is 10.4. The van der Waals surface area contributed by atoms with E-state index < -0.39 is 24.4 Å². The molecule has 2 aromatic carbocycles. The van der Waals surface area contributed by atoms with Crippen molar-refractivity contribution in [3.63, 3.8) is 0 Å². The molecular weight excluding hydrogens is 398 g/mol. The molecule has 7 nitrogen and oxygen atoms in total. The maximum atomic E-state index is 11.8. The maximum absolute atomic E-state index is 11.8. The van der Waals surface area contributed by atoms with Gasteiger partial charge < -0.3 is 14.2 Å². The Bertz CT molecular complexity index is 911. The van der Waals surface area contributed by atoms with E-state index in [0.717, 1.165) is 11.6 Å². The topological polar surface area (TPSA) is 90.9 Å². The number of hydrogen-bond acceptors (Lipinski definition) is 6. The fourth-order valence-corrected chi connectivity index (χ4v) is 2.70. The van der Waals surface area contributed by atoms with Gasteiger partial charge in [-0.05, 0) is 29.3 Å². The lowest BCUT2D eigenvalue weighted by Gasteiger charge is -2.10. The molecule has 0 unspecified atom stereocenters. The summed E-state index contributed by atoms with van der Waals surface area (Å²) in [6, 6.07) is 12.2. The van der Waals surface area contributed by atoms with E-state index in [4.69, 9.17) is 25.8 Å². The second-order valence-corrected chi connectivity index (χ2v) is 6.22. The fourth-order valence-electron chi connectivity index (χ4n) is 2.40. The van der Waals surface area contributed by atoms with Gasteiger partial charge in [0.25, 0.3) is 5.91 Å². The van der Waals surface area contributed by atoms with Crippen LogP contribution in [0.5, 0.6) is 11.5 Å². The lowest BCUT2D eigenvalue weighted by molar-refractivity contribution is -0.145. The van der Waals surface area contributed by atoms with Gasteiger partial charge in [-0.3, -0.25) is 14.9 Å². The molecule has 8 heteroatoms. The molecule has 0 bridgehead atoms. The van der Waals surface area contributed by atoms with Gasteiger partial charge in [0.15, 0.2) is 18.1 Å². The Hall–Kier alpha value is -3.32. The zero-order valence-corrected chi connectivity index (χ0v) is 16.7. The zero-order valence-electron chi connectivity index (χ0n) is 15.9. The number of imide groups is 1. The first kappa shape index (κ1) is 22.0. The molecule has 29 heavy (non-hydrogen) atoms. The molecule has 2 amide bonds. The average molecular weight is 418 g/mol. The third kappa shape index (κ3) is 6.97. The Morgan fingerprint density at radius 1 is 1.03 bits per heavy atom. The summed E-state index contributed by atoms with van der Waals surface area (Å²) in [5, 5.41) is 2.48. The molecule has 0 radical (unpaired) electrons.